The van der Waals surface area contributed by atoms with Crippen molar-refractivity contribution in [1.29, 1.82) is 0 Å². The fourth-order valence-electron chi connectivity index (χ4n) is 3.30. The van der Waals surface area contributed by atoms with Crippen LogP contribution in [0.25, 0.3) is 0 Å². The number of hydrogen-bond donors (Lipinski definition) is 1. The summed E-state index contributed by atoms with van der Waals surface area (Å²) in [4.78, 5) is 23.0. The van der Waals surface area contributed by atoms with E-state index >= 15 is 0 Å². The zero-order valence-corrected chi connectivity index (χ0v) is 16.1. The molecule has 0 aromatic carbocycles. The standard InChI is InChI=1S/C21H28N4O2/c1-3-19(20-13-16(2)6-10-23-20)24-21(26)25-11-7-18(8-12-25)27-15-17-5-4-9-22-14-17/h4-6,9-10,13-14,18-19H,3,7-8,11-12,15H2,1-2H3,(H,24,26)/t19-/m0/s1. The number of carbonyl (C=O) groups is 1. The molecule has 2 aromatic rings. The van der Waals surface area contributed by atoms with E-state index in [0.29, 0.717) is 19.7 Å². The second-order valence-electron chi connectivity index (χ2n) is 7.03. The van der Waals surface area contributed by atoms with Crippen molar-refractivity contribution in [2.45, 2.75) is 51.9 Å². The molecule has 0 spiro atoms. The Hall–Kier alpha value is -2.47. The third-order valence-corrected chi connectivity index (χ3v) is 4.94. The van der Waals surface area contributed by atoms with Crippen LogP contribution in [0.15, 0.2) is 42.9 Å². The van der Waals surface area contributed by atoms with Gasteiger partial charge < -0.3 is 15.0 Å². The maximum atomic E-state index is 12.6. The molecule has 1 aliphatic heterocycles. The number of hydrogen-bond acceptors (Lipinski definition) is 4. The Bertz CT molecular complexity index is 730. The van der Waals surface area contributed by atoms with Gasteiger partial charge in [0.1, 0.15) is 0 Å². The van der Waals surface area contributed by atoms with Gasteiger partial charge in [-0.3, -0.25) is 9.97 Å². The summed E-state index contributed by atoms with van der Waals surface area (Å²) in [5, 5.41) is 3.13. The SMILES string of the molecule is CC[C@H](NC(=O)N1CCC(OCc2cccnc2)CC1)c1cc(C)ccn1. The van der Waals surface area contributed by atoms with E-state index in [2.05, 4.69) is 22.2 Å². The molecule has 1 saturated heterocycles. The predicted molar refractivity (Wildman–Crippen MR) is 104 cm³/mol. The number of nitrogens with zero attached hydrogens (tertiary/aromatic N) is 3. The normalized spacial score (nSPS) is 16.1. The molecule has 1 N–H and O–H groups in total. The summed E-state index contributed by atoms with van der Waals surface area (Å²) in [5.74, 6) is 0. The van der Waals surface area contributed by atoms with Crippen LogP contribution in [0.2, 0.25) is 0 Å². The zero-order chi connectivity index (χ0) is 19.1. The highest BCUT2D eigenvalue weighted by atomic mass is 16.5. The van der Waals surface area contributed by atoms with E-state index in [1.807, 2.05) is 42.3 Å². The minimum Gasteiger partial charge on any atom is -0.373 e. The smallest absolute Gasteiger partial charge is 0.317 e. The number of amides is 2. The number of rotatable bonds is 6. The van der Waals surface area contributed by atoms with Crippen molar-refractivity contribution in [2.24, 2.45) is 0 Å². The highest BCUT2D eigenvalue weighted by Gasteiger charge is 2.25. The van der Waals surface area contributed by atoms with Crippen molar-refractivity contribution >= 4 is 6.03 Å². The van der Waals surface area contributed by atoms with Crippen LogP contribution in [0.4, 0.5) is 4.79 Å². The summed E-state index contributed by atoms with van der Waals surface area (Å²) in [7, 11) is 0. The average Bonchev–Trinajstić information content (AvgIpc) is 2.71. The largest absolute Gasteiger partial charge is 0.373 e. The fraction of sp³-hybridized carbons (Fsp3) is 0.476. The Labute approximate surface area is 161 Å². The van der Waals surface area contributed by atoms with Crippen LogP contribution in [-0.4, -0.2) is 40.1 Å². The summed E-state index contributed by atoms with van der Waals surface area (Å²) >= 11 is 0. The van der Waals surface area contributed by atoms with Gasteiger partial charge in [0.05, 0.1) is 24.4 Å². The molecule has 1 fully saturated rings. The molecule has 0 bridgehead atoms. The minimum atomic E-state index is -0.0584. The van der Waals surface area contributed by atoms with Gasteiger partial charge in [0.25, 0.3) is 0 Å². The highest BCUT2D eigenvalue weighted by Crippen LogP contribution is 2.19. The van der Waals surface area contributed by atoms with Gasteiger partial charge in [-0.25, -0.2) is 4.79 Å². The quantitative estimate of drug-likeness (QED) is 0.845. The van der Waals surface area contributed by atoms with Crippen molar-refractivity contribution in [3.63, 3.8) is 0 Å². The van der Waals surface area contributed by atoms with E-state index in [1.165, 1.54) is 0 Å². The zero-order valence-electron chi connectivity index (χ0n) is 16.1. The molecule has 3 rings (SSSR count). The van der Waals surface area contributed by atoms with Crippen LogP contribution in [0.3, 0.4) is 0 Å². The summed E-state index contributed by atoms with van der Waals surface area (Å²) in [6.45, 7) is 6.09. The Kier molecular flexibility index (Phi) is 6.76. The molecule has 1 aliphatic rings. The summed E-state index contributed by atoms with van der Waals surface area (Å²) in [6, 6.07) is 7.85. The second kappa shape index (κ2) is 9.46. The van der Waals surface area contributed by atoms with Crippen molar-refractivity contribution in [1.82, 2.24) is 20.2 Å². The molecule has 2 aromatic heterocycles. The van der Waals surface area contributed by atoms with Crippen LogP contribution in [0.5, 0.6) is 0 Å². The third-order valence-electron chi connectivity index (χ3n) is 4.94. The van der Waals surface area contributed by atoms with E-state index in [0.717, 1.165) is 36.1 Å². The number of aromatic nitrogens is 2. The molecule has 0 aliphatic carbocycles. The molecule has 6 heteroatoms. The van der Waals surface area contributed by atoms with Crippen LogP contribution in [0, 0.1) is 6.92 Å². The first-order chi connectivity index (χ1) is 13.2. The van der Waals surface area contributed by atoms with E-state index < -0.39 is 0 Å². The molecule has 144 valence electrons. The molecule has 27 heavy (non-hydrogen) atoms. The minimum absolute atomic E-state index is 0.0177. The van der Waals surface area contributed by atoms with Crippen LogP contribution < -0.4 is 5.32 Å². The number of likely N-dealkylation sites (tertiary alicyclic amines) is 1. The Morgan fingerprint density at radius 2 is 2.15 bits per heavy atom. The molecule has 6 nitrogen and oxygen atoms in total. The van der Waals surface area contributed by atoms with Gasteiger partial charge in [0.2, 0.25) is 0 Å². The number of carbonyl (C=O) groups excluding carboxylic acids is 1. The molecular weight excluding hydrogens is 340 g/mol. The number of pyridine rings is 2. The maximum absolute atomic E-state index is 12.6. The lowest BCUT2D eigenvalue weighted by atomic mass is 10.1. The number of urea groups is 1. The lowest BCUT2D eigenvalue weighted by Gasteiger charge is -2.33. The average molecular weight is 368 g/mol. The fourth-order valence-corrected chi connectivity index (χ4v) is 3.30. The molecule has 3 heterocycles. The van der Waals surface area contributed by atoms with Gasteiger partial charge in [0.15, 0.2) is 0 Å². The first-order valence-electron chi connectivity index (χ1n) is 9.64. The molecule has 0 radical (unpaired) electrons. The van der Waals surface area contributed by atoms with Crippen molar-refractivity contribution in [3.8, 4) is 0 Å². The van der Waals surface area contributed by atoms with E-state index in [1.54, 1.807) is 12.4 Å². The van der Waals surface area contributed by atoms with Crippen LogP contribution in [-0.2, 0) is 11.3 Å². The summed E-state index contributed by atoms with van der Waals surface area (Å²) in [5.41, 5.74) is 3.15. The molecule has 1 atom stereocenters. The van der Waals surface area contributed by atoms with Crippen LogP contribution >= 0.6 is 0 Å². The van der Waals surface area contributed by atoms with E-state index in [4.69, 9.17) is 4.74 Å². The van der Waals surface area contributed by atoms with Crippen LogP contribution in [0.1, 0.15) is 49.0 Å². The lowest BCUT2D eigenvalue weighted by Crippen LogP contribution is -2.46. The topological polar surface area (TPSA) is 67.4 Å². The molecule has 2 amide bonds. The highest BCUT2D eigenvalue weighted by molar-refractivity contribution is 5.74. The van der Waals surface area contributed by atoms with Gasteiger partial charge in [-0.1, -0.05) is 13.0 Å². The Balaban J connectivity index is 1.46. The number of ether oxygens (including phenoxy) is 1. The van der Waals surface area contributed by atoms with E-state index in [-0.39, 0.29) is 18.2 Å². The van der Waals surface area contributed by atoms with Gasteiger partial charge in [-0.15, -0.1) is 0 Å². The van der Waals surface area contributed by atoms with Crippen molar-refractivity contribution in [2.75, 3.05) is 13.1 Å². The van der Waals surface area contributed by atoms with Gasteiger partial charge in [-0.05, 0) is 55.5 Å². The summed E-state index contributed by atoms with van der Waals surface area (Å²) < 4.78 is 5.97. The predicted octanol–water partition coefficient (Wildman–Crippen LogP) is 3.63. The van der Waals surface area contributed by atoms with Gasteiger partial charge in [-0.2, -0.15) is 0 Å². The molecular formula is C21H28N4O2. The van der Waals surface area contributed by atoms with Crippen molar-refractivity contribution in [3.05, 3.63) is 59.7 Å². The Morgan fingerprint density at radius 3 is 2.81 bits per heavy atom. The second-order valence-corrected chi connectivity index (χ2v) is 7.03. The number of piperidine rings is 1. The van der Waals surface area contributed by atoms with Crippen molar-refractivity contribution < 1.29 is 9.53 Å². The first-order valence-corrected chi connectivity index (χ1v) is 9.64. The first kappa shape index (κ1) is 19.3. The molecule has 0 saturated carbocycles. The van der Waals surface area contributed by atoms with E-state index in [9.17, 15) is 4.79 Å². The monoisotopic (exact) mass is 368 g/mol. The molecule has 0 unspecified atom stereocenters. The number of aryl methyl sites for hydroxylation is 1. The Morgan fingerprint density at radius 1 is 1.33 bits per heavy atom. The third kappa shape index (κ3) is 5.50. The van der Waals surface area contributed by atoms with Gasteiger partial charge in [0, 0.05) is 31.7 Å². The van der Waals surface area contributed by atoms with Gasteiger partial charge >= 0.3 is 6.03 Å². The lowest BCUT2D eigenvalue weighted by molar-refractivity contribution is 0.00416. The summed E-state index contributed by atoms with van der Waals surface area (Å²) in [6.07, 6.45) is 8.09. The number of nitrogens with one attached hydrogen (secondary N) is 1. The maximum Gasteiger partial charge on any atom is 0.317 e.